The van der Waals surface area contributed by atoms with Crippen molar-refractivity contribution in [2.75, 3.05) is 7.11 Å². The molecule has 0 aromatic rings. The van der Waals surface area contributed by atoms with Crippen LogP contribution in [0.25, 0.3) is 0 Å². The first-order valence-electron chi connectivity index (χ1n) is 5.96. The molecule has 2 atom stereocenters. The van der Waals surface area contributed by atoms with E-state index < -0.39 is 29.3 Å². The highest BCUT2D eigenvalue weighted by Crippen LogP contribution is 2.31. The molecule has 104 valence electrons. The maximum Gasteiger partial charge on any atom is 0.408 e. The second-order valence-electron chi connectivity index (χ2n) is 5.60. The Labute approximate surface area is 107 Å². The van der Waals surface area contributed by atoms with Crippen LogP contribution >= 0.6 is 0 Å². The molecule has 0 unspecified atom stereocenters. The van der Waals surface area contributed by atoms with Crippen LogP contribution in [0.15, 0.2) is 0 Å². The van der Waals surface area contributed by atoms with Crippen molar-refractivity contribution >= 4 is 12.1 Å². The molecule has 0 aromatic carbocycles. The molecule has 0 spiro atoms. The number of alkyl carbamates (subject to hydrolysis) is 1. The van der Waals surface area contributed by atoms with Gasteiger partial charge in [0.05, 0.1) is 13.2 Å². The highest BCUT2D eigenvalue weighted by Gasteiger charge is 2.47. The van der Waals surface area contributed by atoms with Crippen molar-refractivity contribution in [2.24, 2.45) is 0 Å². The summed E-state index contributed by atoms with van der Waals surface area (Å²) in [6.07, 6.45) is -0.342. The Kier molecular flexibility index (Phi) is 4.21. The zero-order valence-electron chi connectivity index (χ0n) is 11.3. The predicted octanol–water partition coefficient (Wildman–Crippen LogP) is 0.968. The molecule has 1 amide bonds. The molecule has 1 aliphatic carbocycles. The van der Waals surface area contributed by atoms with Crippen LogP contribution < -0.4 is 5.32 Å². The standard InChI is InChI=1S/C12H21NO5/c1-11(2,3)18-10(16)13-12(9(15)17-4)6-5-8(14)7-12/h8,14H,5-7H2,1-4H3,(H,13,16)/t8-,12-/m0/s1. The zero-order valence-corrected chi connectivity index (χ0v) is 11.3. The van der Waals surface area contributed by atoms with Crippen LogP contribution in [0, 0.1) is 0 Å². The minimum Gasteiger partial charge on any atom is -0.467 e. The Hall–Kier alpha value is -1.30. The van der Waals surface area contributed by atoms with E-state index in [4.69, 9.17) is 9.47 Å². The van der Waals surface area contributed by atoms with Crippen LogP contribution in [0.2, 0.25) is 0 Å². The Balaban J connectivity index is 2.75. The lowest BCUT2D eigenvalue weighted by molar-refractivity contribution is -0.148. The quantitative estimate of drug-likeness (QED) is 0.722. The number of nitrogens with one attached hydrogen (secondary N) is 1. The van der Waals surface area contributed by atoms with Gasteiger partial charge in [-0.05, 0) is 33.6 Å². The van der Waals surface area contributed by atoms with E-state index in [2.05, 4.69) is 5.32 Å². The maximum atomic E-state index is 11.8. The molecule has 1 aliphatic rings. The van der Waals surface area contributed by atoms with Gasteiger partial charge in [-0.2, -0.15) is 0 Å². The average Bonchev–Trinajstić information content (AvgIpc) is 2.57. The number of aliphatic hydroxyl groups excluding tert-OH is 1. The Bertz CT molecular complexity index is 336. The van der Waals surface area contributed by atoms with Crippen molar-refractivity contribution < 1.29 is 24.2 Å². The molecule has 2 N–H and O–H groups in total. The van der Waals surface area contributed by atoms with Gasteiger partial charge in [0, 0.05) is 6.42 Å². The van der Waals surface area contributed by atoms with Crippen LogP contribution in [0.1, 0.15) is 40.0 Å². The number of methoxy groups -OCH3 is 1. The number of esters is 1. The summed E-state index contributed by atoms with van der Waals surface area (Å²) in [5.74, 6) is -0.551. The van der Waals surface area contributed by atoms with Crippen molar-refractivity contribution in [3.8, 4) is 0 Å². The number of carbonyl (C=O) groups is 2. The Morgan fingerprint density at radius 1 is 1.39 bits per heavy atom. The van der Waals surface area contributed by atoms with Gasteiger partial charge in [-0.3, -0.25) is 0 Å². The summed E-state index contributed by atoms with van der Waals surface area (Å²) >= 11 is 0. The highest BCUT2D eigenvalue weighted by molar-refractivity contribution is 5.86. The van der Waals surface area contributed by atoms with Gasteiger partial charge in [-0.25, -0.2) is 9.59 Å². The van der Waals surface area contributed by atoms with Crippen molar-refractivity contribution in [1.29, 1.82) is 0 Å². The monoisotopic (exact) mass is 259 g/mol. The van der Waals surface area contributed by atoms with Crippen LogP contribution in [0.5, 0.6) is 0 Å². The van der Waals surface area contributed by atoms with E-state index in [1.807, 2.05) is 0 Å². The summed E-state index contributed by atoms with van der Waals surface area (Å²) in [5.41, 5.74) is -1.81. The van der Waals surface area contributed by atoms with Crippen molar-refractivity contribution in [3.63, 3.8) is 0 Å². The molecule has 1 saturated carbocycles. The number of carbonyl (C=O) groups excluding carboxylic acids is 2. The topological polar surface area (TPSA) is 84.9 Å². The largest absolute Gasteiger partial charge is 0.467 e. The van der Waals surface area contributed by atoms with Gasteiger partial charge < -0.3 is 19.9 Å². The van der Waals surface area contributed by atoms with Crippen LogP contribution in [-0.4, -0.2) is 41.5 Å². The Morgan fingerprint density at radius 3 is 2.39 bits per heavy atom. The molecule has 0 radical (unpaired) electrons. The number of ether oxygens (including phenoxy) is 2. The fourth-order valence-corrected chi connectivity index (χ4v) is 2.06. The zero-order chi connectivity index (χ0) is 14.0. The van der Waals surface area contributed by atoms with Crippen molar-refractivity contribution in [3.05, 3.63) is 0 Å². The molecule has 0 saturated heterocycles. The van der Waals surface area contributed by atoms with Gasteiger partial charge in [0.15, 0.2) is 0 Å². The third kappa shape index (κ3) is 3.60. The molecule has 0 aliphatic heterocycles. The van der Waals surface area contributed by atoms with Gasteiger partial charge >= 0.3 is 12.1 Å². The fraction of sp³-hybridized carbons (Fsp3) is 0.833. The lowest BCUT2D eigenvalue weighted by Crippen LogP contribution is -2.54. The number of hydrogen-bond donors (Lipinski definition) is 2. The summed E-state index contributed by atoms with van der Waals surface area (Å²) in [5, 5.41) is 12.1. The molecule has 6 heteroatoms. The molecule has 1 rings (SSSR count). The van der Waals surface area contributed by atoms with Gasteiger partial charge in [0.25, 0.3) is 0 Å². The van der Waals surface area contributed by atoms with Crippen LogP contribution in [-0.2, 0) is 14.3 Å². The van der Waals surface area contributed by atoms with E-state index >= 15 is 0 Å². The summed E-state index contributed by atoms with van der Waals surface area (Å²) < 4.78 is 9.81. The second-order valence-corrected chi connectivity index (χ2v) is 5.60. The first-order chi connectivity index (χ1) is 8.18. The summed E-state index contributed by atoms with van der Waals surface area (Å²) in [7, 11) is 1.26. The molecule has 18 heavy (non-hydrogen) atoms. The third-order valence-electron chi connectivity index (χ3n) is 2.80. The minimum atomic E-state index is -1.17. The average molecular weight is 259 g/mol. The van der Waals surface area contributed by atoms with Crippen LogP contribution in [0.3, 0.4) is 0 Å². The van der Waals surface area contributed by atoms with Crippen molar-refractivity contribution in [1.82, 2.24) is 5.32 Å². The molecule has 0 heterocycles. The molecular weight excluding hydrogens is 238 g/mol. The van der Waals surface area contributed by atoms with E-state index in [0.717, 1.165) is 0 Å². The highest BCUT2D eigenvalue weighted by atomic mass is 16.6. The van der Waals surface area contributed by atoms with E-state index in [-0.39, 0.29) is 6.42 Å². The first kappa shape index (κ1) is 14.8. The van der Waals surface area contributed by atoms with E-state index in [1.165, 1.54) is 7.11 Å². The smallest absolute Gasteiger partial charge is 0.408 e. The predicted molar refractivity (Wildman–Crippen MR) is 64.0 cm³/mol. The molecule has 6 nitrogen and oxygen atoms in total. The third-order valence-corrected chi connectivity index (χ3v) is 2.80. The van der Waals surface area contributed by atoms with Gasteiger partial charge in [0.1, 0.15) is 11.1 Å². The Morgan fingerprint density at radius 2 is 2.00 bits per heavy atom. The molecular formula is C12H21NO5. The van der Waals surface area contributed by atoms with Crippen molar-refractivity contribution in [2.45, 2.75) is 57.3 Å². The molecule has 1 fully saturated rings. The summed E-state index contributed by atoms with van der Waals surface area (Å²) in [4.78, 5) is 23.5. The van der Waals surface area contributed by atoms with E-state index in [9.17, 15) is 14.7 Å². The van der Waals surface area contributed by atoms with Gasteiger partial charge in [-0.1, -0.05) is 0 Å². The lowest BCUT2D eigenvalue weighted by Gasteiger charge is -2.29. The SMILES string of the molecule is COC(=O)[C@]1(NC(=O)OC(C)(C)C)CC[C@H](O)C1. The molecule has 0 bridgehead atoms. The summed E-state index contributed by atoms with van der Waals surface area (Å²) in [6.45, 7) is 5.21. The van der Waals surface area contributed by atoms with Gasteiger partial charge in [-0.15, -0.1) is 0 Å². The number of aliphatic hydroxyl groups is 1. The van der Waals surface area contributed by atoms with Crippen LogP contribution in [0.4, 0.5) is 4.79 Å². The van der Waals surface area contributed by atoms with E-state index in [0.29, 0.717) is 12.8 Å². The minimum absolute atomic E-state index is 0.152. The number of hydrogen-bond acceptors (Lipinski definition) is 5. The number of rotatable bonds is 2. The summed E-state index contributed by atoms with van der Waals surface area (Å²) in [6, 6.07) is 0. The first-order valence-corrected chi connectivity index (χ1v) is 5.96. The molecule has 0 aromatic heterocycles. The second kappa shape index (κ2) is 5.14. The van der Waals surface area contributed by atoms with Gasteiger partial charge in [0.2, 0.25) is 0 Å². The number of amides is 1. The fourth-order valence-electron chi connectivity index (χ4n) is 2.06. The van der Waals surface area contributed by atoms with E-state index in [1.54, 1.807) is 20.8 Å². The normalized spacial score (nSPS) is 27.7. The maximum absolute atomic E-state index is 11.8. The lowest BCUT2D eigenvalue weighted by atomic mass is 9.98.